The number of carbonyl (C=O) groups is 2. The number of carbonyl (C=O) groups excluding carboxylic acids is 2. The Kier molecular flexibility index (Phi) is 6.14. The third-order valence-corrected chi connectivity index (χ3v) is 6.20. The third kappa shape index (κ3) is 4.08. The van der Waals surface area contributed by atoms with Gasteiger partial charge in [0.15, 0.2) is 11.6 Å². The van der Waals surface area contributed by atoms with Crippen molar-refractivity contribution in [1.29, 1.82) is 0 Å². The van der Waals surface area contributed by atoms with Crippen LogP contribution in [0.5, 0.6) is 0 Å². The topological polar surface area (TPSA) is 69.0 Å². The van der Waals surface area contributed by atoms with E-state index in [1.807, 2.05) is 12.1 Å². The van der Waals surface area contributed by atoms with Crippen molar-refractivity contribution in [3.05, 3.63) is 85.1 Å². The lowest BCUT2D eigenvalue weighted by Crippen LogP contribution is -2.28. The van der Waals surface area contributed by atoms with Gasteiger partial charge in [-0.15, -0.1) is 0 Å². The summed E-state index contributed by atoms with van der Waals surface area (Å²) in [7, 11) is 1.52. The van der Waals surface area contributed by atoms with E-state index in [-0.39, 0.29) is 16.8 Å². The van der Waals surface area contributed by atoms with Crippen LogP contribution in [0, 0.1) is 0 Å². The van der Waals surface area contributed by atoms with Gasteiger partial charge < -0.3 is 0 Å². The monoisotopic (exact) mass is 498 g/mol. The van der Waals surface area contributed by atoms with Crippen LogP contribution in [0.3, 0.4) is 0 Å². The van der Waals surface area contributed by atoms with Gasteiger partial charge in [-0.1, -0.05) is 46.9 Å². The van der Waals surface area contributed by atoms with Crippen LogP contribution >= 0.6 is 34.8 Å². The highest BCUT2D eigenvalue weighted by Gasteiger charge is 2.24. The van der Waals surface area contributed by atoms with Gasteiger partial charge in [0.05, 0.1) is 16.3 Å². The third-order valence-electron chi connectivity index (χ3n) is 5.40. The Morgan fingerprint density at radius 3 is 2.00 bits per heavy atom. The minimum absolute atomic E-state index is 0.0528. The first-order chi connectivity index (χ1) is 15.6. The van der Waals surface area contributed by atoms with E-state index in [0.717, 1.165) is 5.56 Å². The van der Waals surface area contributed by atoms with E-state index >= 15 is 0 Å². The summed E-state index contributed by atoms with van der Waals surface area (Å²) >= 11 is 18.7. The van der Waals surface area contributed by atoms with Crippen molar-refractivity contribution in [2.24, 2.45) is 7.05 Å². The molecule has 2 aromatic carbocycles. The van der Waals surface area contributed by atoms with Crippen molar-refractivity contribution >= 4 is 57.4 Å². The van der Waals surface area contributed by atoms with Crippen LogP contribution in [0.2, 0.25) is 15.1 Å². The zero-order valence-electron chi connectivity index (χ0n) is 17.9. The smallest absolute Gasteiger partial charge is 0.263 e. The lowest BCUT2D eigenvalue weighted by molar-refractivity contribution is 0.0980. The predicted molar refractivity (Wildman–Crippen MR) is 133 cm³/mol. The maximum atomic E-state index is 13.0. The van der Waals surface area contributed by atoms with Gasteiger partial charge >= 0.3 is 0 Å². The minimum atomic E-state index is -0.583. The van der Waals surface area contributed by atoms with Crippen molar-refractivity contribution in [1.82, 2.24) is 9.55 Å². The van der Waals surface area contributed by atoms with Gasteiger partial charge in [0.25, 0.3) is 5.56 Å². The number of aryl methyl sites for hydroxylation is 1. The molecule has 5 nitrogen and oxygen atoms in total. The highest BCUT2D eigenvalue weighted by Crippen LogP contribution is 2.38. The van der Waals surface area contributed by atoms with Gasteiger partial charge in [0.2, 0.25) is 0 Å². The second-order valence-electron chi connectivity index (χ2n) is 7.61. The number of halogens is 3. The Morgan fingerprint density at radius 1 is 0.818 bits per heavy atom. The Bertz CT molecular complexity index is 1520. The van der Waals surface area contributed by atoms with Gasteiger partial charge in [-0.2, -0.15) is 0 Å². The molecule has 0 radical (unpaired) electrons. The molecule has 0 aliphatic rings. The van der Waals surface area contributed by atoms with E-state index in [2.05, 4.69) is 0 Å². The molecule has 0 saturated heterocycles. The van der Waals surface area contributed by atoms with E-state index in [9.17, 15) is 14.4 Å². The zero-order chi connectivity index (χ0) is 24.0. The van der Waals surface area contributed by atoms with Crippen LogP contribution in [0.4, 0.5) is 0 Å². The van der Waals surface area contributed by atoms with Crippen molar-refractivity contribution in [2.75, 3.05) is 0 Å². The molecule has 33 heavy (non-hydrogen) atoms. The second kappa shape index (κ2) is 8.75. The molecule has 2 aromatic heterocycles. The molecule has 0 spiro atoms. The molecule has 0 bridgehead atoms. The van der Waals surface area contributed by atoms with E-state index < -0.39 is 17.1 Å². The van der Waals surface area contributed by atoms with Crippen molar-refractivity contribution < 1.29 is 9.59 Å². The Labute approximate surface area is 204 Å². The standard InChI is InChI=1S/C25H17Cl3N2O3/c1-12(31)21-19-11-18(14-4-6-15(26)7-5-14)23(17-9-8-16(27)10-20(17)28)29-24(19)30(3)25(33)22(21)13(2)32/h4-11H,1-3H3. The van der Waals surface area contributed by atoms with Gasteiger partial charge in [-0.05, 0) is 55.8 Å². The fourth-order valence-corrected chi connectivity index (χ4v) is 4.50. The fourth-order valence-electron chi connectivity index (χ4n) is 3.88. The van der Waals surface area contributed by atoms with E-state index in [1.165, 1.54) is 25.5 Å². The number of hydrogen-bond acceptors (Lipinski definition) is 4. The molecule has 0 unspecified atom stereocenters. The van der Waals surface area contributed by atoms with Crippen LogP contribution in [0.15, 0.2) is 53.3 Å². The summed E-state index contributed by atoms with van der Waals surface area (Å²) in [6, 6.07) is 13.9. The first kappa shape index (κ1) is 23.2. The highest BCUT2D eigenvalue weighted by molar-refractivity contribution is 6.36. The summed E-state index contributed by atoms with van der Waals surface area (Å²) < 4.78 is 1.28. The van der Waals surface area contributed by atoms with Crippen LogP contribution in [-0.2, 0) is 7.05 Å². The molecule has 0 N–H and O–H groups in total. The number of hydrogen-bond donors (Lipinski definition) is 0. The molecule has 0 fully saturated rings. The van der Waals surface area contributed by atoms with E-state index in [4.69, 9.17) is 39.8 Å². The molecule has 8 heteroatoms. The quantitative estimate of drug-likeness (QED) is 0.295. The summed E-state index contributed by atoms with van der Waals surface area (Å²) in [4.78, 5) is 42.7. The predicted octanol–water partition coefficient (Wildman–Crippen LogP) is 6.63. The Morgan fingerprint density at radius 2 is 1.42 bits per heavy atom. The van der Waals surface area contributed by atoms with Crippen LogP contribution < -0.4 is 5.56 Å². The average Bonchev–Trinajstić information content (AvgIpc) is 2.75. The lowest BCUT2D eigenvalue weighted by atomic mass is 9.94. The Hall–Kier alpha value is -2.99. The number of fused-ring (bicyclic) bond motifs is 1. The molecule has 4 rings (SSSR count). The van der Waals surface area contributed by atoms with Crippen molar-refractivity contribution in [2.45, 2.75) is 13.8 Å². The summed E-state index contributed by atoms with van der Waals surface area (Å²) in [6.07, 6.45) is 0. The molecule has 166 valence electrons. The summed E-state index contributed by atoms with van der Waals surface area (Å²) in [5.74, 6) is -0.885. The molecule has 2 heterocycles. The number of ketones is 2. The van der Waals surface area contributed by atoms with Crippen molar-refractivity contribution in [3.63, 3.8) is 0 Å². The van der Waals surface area contributed by atoms with Crippen LogP contribution in [0.1, 0.15) is 34.6 Å². The number of nitrogens with zero attached hydrogens (tertiary/aromatic N) is 2. The summed E-state index contributed by atoms with van der Waals surface area (Å²) in [5.41, 5.74) is 2.08. The maximum absolute atomic E-state index is 13.0. The minimum Gasteiger partial charge on any atom is -0.295 e. The highest BCUT2D eigenvalue weighted by atomic mass is 35.5. The van der Waals surface area contributed by atoms with Crippen LogP contribution in [0.25, 0.3) is 33.4 Å². The molecule has 0 aliphatic carbocycles. The Balaban J connectivity index is 2.22. The fraction of sp³-hybridized carbons (Fsp3) is 0.120. The molecular formula is C25H17Cl3N2O3. The maximum Gasteiger partial charge on any atom is 0.263 e. The molecular weight excluding hydrogens is 483 g/mol. The first-order valence-electron chi connectivity index (χ1n) is 9.91. The van der Waals surface area contributed by atoms with Gasteiger partial charge in [0, 0.05) is 39.2 Å². The number of aromatic nitrogens is 2. The number of pyridine rings is 2. The van der Waals surface area contributed by atoms with Crippen molar-refractivity contribution in [3.8, 4) is 22.4 Å². The van der Waals surface area contributed by atoms with E-state index in [1.54, 1.807) is 36.4 Å². The van der Waals surface area contributed by atoms with Gasteiger partial charge in [-0.25, -0.2) is 4.98 Å². The van der Waals surface area contributed by atoms with Gasteiger partial charge in [0.1, 0.15) is 5.65 Å². The average molecular weight is 500 g/mol. The molecule has 0 amide bonds. The number of Topliss-reactive ketones (excluding diaryl/α,β-unsaturated/α-hetero) is 2. The first-order valence-corrected chi connectivity index (χ1v) is 11.0. The number of rotatable bonds is 4. The largest absolute Gasteiger partial charge is 0.295 e. The summed E-state index contributed by atoms with van der Waals surface area (Å²) in [5, 5.41) is 1.80. The molecule has 0 aliphatic heterocycles. The normalized spacial score (nSPS) is 11.1. The molecule has 0 saturated carbocycles. The number of benzene rings is 2. The summed E-state index contributed by atoms with van der Waals surface area (Å²) in [6.45, 7) is 2.59. The zero-order valence-corrected chi connectivity index (χ0v) is 20.1. The SMILES string of the molecule is CC(=O)c1c(C(C)=O)c2cc(-c3ccc(Cl)cc3)c(-c3ccc(Cl)cc3Cl)nc2n(C)c1=O. The second-order valence-corrected chi connectivity index (χ2v) is 8.89. The van der Waals surface area contributed by atoms with E-state index in [0.29, 0.717) is 37.3 Å². The lowest BCUT2D eigenvalue weighted by Gasteiger charge is -2.17. The van der Waals surface area contributed by atoms with Gasteiger partial charge in [-0.3, -0.25) is 19.0 Å². The molecule has 0 atom stereocenters. The molecule has 4 aromatic rings. The van der Waals surface area contributed by atoms with Crippen LogP contribution in [-0.4, -0.2) is 21.1 Å².